The first-order valence-electron chi connectivity index (χ1n) is 8.69. The molecular formula is C19H22N4O4S. The van der Waals surface area contributed by atoms with Gasteiger partial charge in [-0.25, -0.2) is 13.4 Å². The molecule has 0 unspecified atom stereocenters. The van der Waals surface area contributed by atoms with Crippen LogP contribution in [0.4, 0.5) is 5.69 Å². The molecule has 1 heterocycles. The summed E-state index contributed by atoms with van der Waals surface area (Å²) in [4.78, 5) is 16.5. The van der Waals surface area contributed by atoms with Gasteiger partial charge in [-0.1, -0.05) is 17.7 Å². The van der Waals surface area contributed by atoms with Gasteiger partial charge in [0.25, 0.3) is 5.91 Å². The summed E-state index contributed by atoms with van der Waals surface area (Å²) in [7, 11) is -3.41. The number of benzene rings is 1. The van der Waals surface area contributed by atoms with Gasteiger partial charge < -0.3 is 15.8 Å². The van der Waals surface area contributed by atoms with E-state index in [0.29, 0.717) is 0 Å². The Balaban J connectivity index is 1.97. The molecule has 0 aliphatic carbocycles. The molecule has 0 saturated carbocycles. The summed E-state index contributed by atoms with van der Waals surface area (Å²) in [5.74, 6) is -0.620. The second kappa shape index (κ2) is 9.19. The number of amides is 1. The zero-order valence-corrected chi connectivity index (χ0v) is 16.5. The third-order valence-corrected chi connectivity index (χ3v) is 5.71. The summed E-state index contributed by atoms with van der Waals surface area (Å²) in [6.07, 6.45) is 0.242. The highest BCUT2D eigenvalue weighted by Gasteiger charge is 2.17. The second-order valence-corrected chi connectivity index (χ2v) is 8.17. The second-order valence-electron chi connectivity index (χ2n) is 6.06. The van der Waals surface area contributed by atoms with Crippen LogP contribution in [0.1, 0.15) is 35.0 Å². The monoisotopic (exact) mass is 402 g/mol. The number of ether oxygens (including phenoxy) is 1. The van der Waals surface area contributed by atoms with Crippen LogP contribution in [0.2, 0.25) is 0 Å². The first kappa shape index (κ1) is 21.2. The van der Waals surface area contributed by atoms with Gasteiger partial charge in [-0.15, -0.1) is 0 Å². The number of nitrogens with two attached hydrogens (primary N) is 1. The number of nitriles is 1. The predicted molar refractivity (Wildman–Crippen MR) is 105 cm³/mol. The van der Waals surface area contributed by atoms with Crippen molar-refractivity contribution >= 4 is 21.4 Å². The van der Waals surface area contributed by atoms with Crippen LogP contribution in [-0.4, -0.2) is 38.2 Å². The molecule has 2 rings (SSSR count). The standard InChI is InChI=1S/C19H22N4O4S/c1-3-27-19-15(12-20)16(21)11-17(23-19)18(24)22-9-4-10-28(25,26)14-7-5-13(2)6-8-14/h5-8,11H,3-4,9-10H2,1-2H3,(H2,21,23)(H,22,24). The SMILES string of the molecule is CCOc1nc(C(=O)NCCCS(=O)(=O)c2ccc(C)cc2)cc(N)c1C#N. The number of hydrogen-bond acceptors (Lipinski definition) is 7. The van der Waals surface area contributed by atoms with Crippen molar-refractivity contribution in [3.63, 3.8) is 0 Å². The topological polar surface area (TPSA) is 135 Å². The molecule has 0 saturated heterocycles. The Bertz CT molecular complexity index is 996. The molecule has 2 aromatic rings. The number of anilines is 1. The third-order valence-electron chi connectivity index (χ3n) is 3.90. The number of sulfone groups is 1. The van der Waals surface area contributed by atoms with Gasteiger partial charge in [-0.05, 0) is 38.5 Å². The largest absolute Gasteiger partial charge is 0.477 e. The summed E-state index contributed by atoms with van der Waals surface area (Å²) in [6.45, 7) is 4.02. The maximum Gasteiger partial charge on any atom is 0.270 e. The number of aryl methyl sites for hydroxylation is 1. The minimum Gasteiger partial charge on any atom is -0.477 e. The highest BCUT2D eigenvalue weighted by molar-refractivity contribution is 7.91. The molecule has 0 aliphatic rings. The molecule has 3 N–H and O–H groups in total. The number of pyridine rings is 1. The lowest BCUT2D eigenvalue weighted by Crippen LogP contribution is -2.27. The van der Waals surface area contributed by atoms with E-state index in [1.54, 1.807) is 31.2 Å². The van der Waals surface area contributed by atoms with Crippen LogP contribution in [0.15, 0.2) is 35.2 Å². The lowest BCUT2D eigenvalue weighted by molar-refractivity contribution is 0.0947. The molecule has 0 atom stereocenters. The number of nitrogens with one attached hydrogen (secondary N) is 1. The Labute approximate surface area is 164 Å². The van der Waals surface area contributed by atoms with Gasteiger partial charge in [0, 0.05) is 6.54 Å². The summed E-state index contributed by atoms with van der Waals surface area (Å²) >= 11 is 0. The number of carbonyl (C=O) groups is 1. The average Bonchev–Trinajstić information content (AvgIpc) is 2.65. The van der Waals surface area contributed by atoms with E-state index in [1.165, 1.54) is 6.07 Å². The molecular weight excluding hydrogens is 380 g/mol. The molecule has 0 bridgehead atoms. The van der Waals surface area contributed by atoms with Crippen LogP contribution >= 0.6 is 0 Å². The molecule has 1 aromatic heterocycles. The third kappa shape index (κ3) is 5.20. The van der Waals surface area contributed by atoms with Gasteiger partial charge in [-0.2, -0.15) is 5.26 Å². The van der Waals surface area contributed by atoms with Crippen LogP contribution in [-0.2, 0) is 9.84 Å². The molecule has 1 aromatic carbocycles. The van der Waals surface area contributed by atoms with Gasteiger partial charge in [0.15, 0.2) is 9.84 Å². The van der Waals surface area contributed by atoms with E-state index < -0.39 is 15.7 Å². The summed E-state index contributed by atoms with van der Waals surface area (Å²) in [5.41, 5.74) is 6.93. The summed E-state index contributed by atoms with van der Waals surface area (Å²) in [6, 6.07) is 9.81. The Kier molecular flexibility index (Phi) is 6.95. The number of nitrogens with zero attached hydrogens (tertiary/aromatic N) is 2. The summed E-state index contributed by atoms with van der Waals surface area (Å²) < 4.78 is 29.9. The van der Waals surface area contributed by atoms with Gasteiger partial charge in [-0.3, -0.25) is 4.79 Å². The van der Waals surface area contributed by atoms with Crippen LogP contribution < -0.4 is 15.8 Å². The Morgan fingerprint density at radius 2 is 2.00 bits per heavy atom. The fourth-order valence-corrected chi connectivity index (χ4v) is 3.74. The Hall–Kier alpha value is -3.12. The van der Waals surface area contributed by atoms with E-state index in [9.17, 15) is 13.2 Å². The summed E-state index contributed by atoms with van der Waals surface area (Å²) in [5, 5.41) is 11.7. The predicted octanol–water partition coefficient (Wildman–Crippen LogP) is 1.84. The quantitative estimate of drug-likeness (QED) is 0.643. The highest BCUT2D eigenvalue weighted by atomic mass is 32.2. The molecule has 148 valence electrons. The smallest absolute Gasteiger partial charge is 0.270 e. The average molecular weight is 402 g/mol. The van der Waals surface area contributed by atoms with Crippen LogP contribution in [0.25, 0.3) is 0 Å². The fourth-order valence-electron chi connectivity index (χ4n) is 2.43. The molecule has 8 nitrogen and oxygen atoms in total. The number of carbonyl (C=O) groups excluding carboxylic acids is 1. The van der Waals surface area contributed by atoms with E-state index in [-0.39, 0.29) is 53.0 Å². The van der Waals surface area contributed by atoms with E-state index in [4.69, 9.17) is 15.7 Å². The fraction of sp³-hybridized carbons (Fsp3) is 0.316. The minimum absolute atomic E-state index is 0.00124. The van der Waals surface area contributed by atoms with Crippen molar-refractivity contribution in [2.45, 2.75) is 25.2 Å². The highest BCUT2D eigenvalue weighted by Crippen LogP contribution is 2.22. The van der Waals surface area contributed by atoms with Crippen LogP contribution in [0.3, 0.4) is 0 Å². The number of hydrogen-bond donors (Lipinski definition) is 2. The van der Waals surface area contributed by atoms with Crippen LogP contribution in [0, 0.1) is 18.3 Å². The first-order valence-corrected chi connectivity index (χ1v) is 10.3. The van der Waals surface area contributed by atoms with E-state index >= 15 is 0 Å². The van der Waals surface area contributed by atoms with Crippen molar-refractivity contribution in [2.75, 3.05) is 24.6 Å². The normalized spacial score (nSPS) is 10.9. The Morgan fingerprint density at radius 3 is 2.61 bits per heavy atom. The number of rotatable bonds is 8. The molecule has 28 heavy (non-hydrogen) atoms. The zero-order valence-electron chi connectivity index (χ0n) is 15.7. The maximum atomic E-state index is 12.3. The van der Waals surface area contributed by atoms with E-state index in [1.807, 2.05) is 13.0 Å². The molecule has 9 heteroatoms. The maximum absolute atomic E-state index is 12.3. The molecule has 1 amide bonds. The van der Waals surface area contributed by atoms with Gasteiger partial charge >= 0.3 is 0 Å². The van der Waals surface area contributed by atoms with Gasteiger partial charge in [0.1, 0.15) is 17.3 Å². The number of nitrogen functional groups attached to an aromatic ring is 1. The zero-order chi connectivity index (χ0) is 20.7. The van der Waals surface area contributed by atoms with Crippen molar-refractivity contribution in [3.8, 4) is 11.9 Å². The van der Waals surface area contributed by atoms with Crippen molar-refractivity contribution in [1.29, 1.82) is 5.26 Å². The van der Waals surface area contributed by atoms with Crippen molar-refractivity contribution in [1.82, 2.24) is 10.3 Å². The molecule has 0 fully saturated rings. The Morgan fingerprint density at radius 1 is 1.32 bits per heavy atom. The lowest BCUT2D eigenvalue weighted by Gasteiger charge is -2.10. The molecule has 0 spiro atoms. The van der Waals surface area contributed by atoms with Crippen LogP contribution in [0.5, 0.6) is 5.88 Å². The van der Waals surface area contributed by atoms with E-state index in [2.05, 4.69) is 10.3 Å². The molecule has 0 radical (unpaired) electrons. The van der Waals surface area contributed by atoms with Crippen molar-refractivity contribution in [3.05, 3.63) is 47.2 Å². The van der Waals surface area contributed by atoms with Crippen molar-refractivity contribution in [2.24, 2.45) is 0 Å². The van der Waals surface area contributed by atoms with Gasteiger partial charge in [0.05, 0.1) is 22.9 Å². The van der Waals surface area contributed by atoms with E-state index in [0.717, 1.165) is 5.56 Å². The van der Waals surface area contributed by atoms with Crippen molar-refractivity contribution < 1.29 is 17.9 Å². The lowest BCUT2D eigenvalue weighted by atomic mass is 10.2. The first-order chi connectivity index (χ1) is 13.3. The minimum atomic E-state index is -3.41. The molecule has 0 aliphatic heterocycles. The van der Waals surface area contributed by atoms with Gasteiger partial charge in [0.2, 0.25) is 5.88 Å². The number of aromatic nitrogens is 1.